The minimum Gasteiger partial charge on any atom is -0.472 e. The van der Waals surface area contributed by atoms with Crippen LogP contribution in [-0.2, 0) is 12.6 Å². The number of fused-ring (bicyclic) bond motifs is 1. The molecule has 0 amide bonds. The number of aromatic nitrogens is 5. The molecule has 7 nitrogen and oxygen atoms in total. The molecule has 0 unspecified atom stereocenters. The van der Waals surface area contributed by atoms with Crippen molar-refractivity contribution >= 4 is 11.0 Å². The van der Waals surface area contributed by atoms with Crippen LogP contribution in [-0.4, -0.2) is 36.6 Å². The zero-order valence-electron chi connectivity index (χ0n) is 26.9. The van der Waals surface area contributed by atoms with E-state index in [0.717, 1.165) is 16.7 Å². The second kappa shape index (κ2) is 12.6. The first-order valence-corrected chi connectivity index (χ1v) is 16.1. The molecule has 1 saturated carbocycles. The van der Waals surface area contributed by atoms with Gasteiger partial charge in [-0.15, -0.1) is 0 Å². The molecule has 6 aromatic rings. The van der Waals surface area contributed by atoms with Gasteiger partial charge >= 0.3 is 6.18 Å². The van der Waals surface area contributed by atoms with E-state index in [9.17, 15) is 18.0 Å². The highest BCUT2D eigenvalue weighted by molar-refractivity contribution is 5.90. The van der Waals surface area contributed by atoms with Gasteiger partial charge < -0.3 is 9.30 Å². The maximum atomic E-state index is 16.6. The van der Waals surface area contributed by atoms with Crippen LogP contribution in [0.1, 0.15) is 48.2 Å². The van der Waals surface area contributed by atoms with E-state index in [1.165, 1.54) is 10.6 Å². The molecule has 3 heterocycles. The Morgan fingerprint density at radius 2 is 1.27 bits per heavy atom. The molecule has 0 atom stereocenters. The van der Waals surface area contributed by atoms with E-state index in [0.29, 0.717) is 11.0 Å². The largest absolute Gasteiger partial charge is 0.472 e. The van der Waals surface area contributed by atoms with E-state index in [1.54, 1.807) is 20.0 Å². The lowest BCUT2D eigenvalue weighted by atomic mass is 9.77. The summed E-state index contributed by atoms with van der Waals surface area (Å²) in [4.78, 5) is 21.8. The number of alkyl halides is 3. The highest BCUT2D eigenvalue weighted by Gasteiger charge is 2.43. The SMILES string of the molecule is Cc1nc(OC2CCC(C(F)(F)F)CC2)c(F)c(-c2nn(C(c3ccccc3)(c3ccccc3)c3ccccc3)c3ccc(=O)n(C)c23)n1. The van der Waals surface area contributed by atoms with Crippen molar-refractivity contribution in [3.8, 4) is 17.3 Å². The Morgan fingerprint density at radius 3 is 1.78 bits per heavy atom. The molecule has 0 saturated heterocycles. The fraction of sp³-hybridized carbons (Fsp3) is 0.263. The molecule has 0 aliphatic heterocycles. The number of aryl methyl sites for hydroxylation is 2. The van der Waals surface area contributed by atoms with Crippen molar-refractivity contribution in [2.24, 2.45) is 13.0 Å². The van der Waals surface area contributed by atoms with Gasteiger partial charge in [-0.05, 0) is 55.4 Å². The molecule has 1 aliphatic rings. The standard InChI is InChI=1S/C38H33F4N5O2/c1-24-43-33(32(39)36(44-24)49-29-20-18-28(19-21-29)38(40,41)42)34-35-30(22-23-31(48)46(35)2)47(45-34)37(25-12-6-3-7-13-25,26-14-8-4-9-15-26)27-16-10-5-11-17-27/h3-17,22-23,28-29H,18-21H2,1-2H3. The van der Waals surface area contributed by atoms with E-state index < -0.39 is 29.6 Å². The lowest BCUT2D eigenvalue weighted by molar-refractivity contribution is -0.185. The molecule has 3 aromatic carbocycles. The van der Waals surface area contributed by atoms with Crippen LogP contribution in [0.3, 0.4) is 0 Å². The second-order valence-corrected chi connectivity index (χ2v) is 12.4. The highest BCUT2D eigenvalue weighted by atomic mass is 19.4. The number of nitrogens with zero attached hydrogens (tertiary/aromatic N) is 5. The third-order valence-electron chi connectivity index (χ3n) is 9.41. The number of hydrogen-bond donors (Lipinski definition) is 0. The fourth-order valence-electron chi connectivity index (χ4n) is 7.03. The number of hydrogen-bond acceptors (Lipinski definition) is 5. The lowest BCUT2D eigenvalue weighted by Gasteiger charge is -2.37. The summed E-state index contributed by atoms with van der Waals surface area (Å²) in [6.07, 6.45) is -4.91. The van der Waals surface area contributed by atoms with Gasteiger partial charge in [-0.3, -0.25) is 4.79 Å². The molecule has 1 aliphatic carbocycles. The molecule has 7 rings (SSSR count). The summed E-state index contributed by atoms with van der Waals surface area (Å²) in [7, 11) is 1.60. The van der Waals surface area contributed by atoms with E-state index in [4.69, 9.17) is 9.84 Å². The molecule has 0 N–H and O–H groups in total. The predicted octanol–water partition coefficient (Wildman–Crippen LogP) is 7.98. The number of halogens is 4. The van der Waals surface area contributed by atoms with Crippen LogP contribution in [0, 0.1) is 18.7 Å². The Labute approximate surface area is 279 Å². The smallest absolute Gasteiger partial charge is 0.391 e. The fourth-order valence-corrected chi connectivity index (χ4v) is 7.03. The highest BCUT2D eigenvalue weighted by Crippen LogP contribution is 2.44. The zero-order chi connectivity index (χ0) is 34.3. The van der Waals surface area contributed by atoms with Gasteiger partial charge in [0.25, 0.3) is 11.4 Å². The molecule has 0 bridgehead atoms. The molecule has 3 aromatic heterocycles. The van der Waals surface area contributed by atoms with Gasteiger partial charge in [-0.1, -0.05) is 91.0 Å². The van der Waals surface area contributed by atoms with Gasteiger partial charge in [0.2, 0.25) is 5.82 Å². The third-order valence-corrected chi connectivity index (χ3v) is 9.41. The summed E-state index contributed by atoms with van der Waals surface area (Å²) in [5.74, 6) is -2.49. The zero-order valence-corrected chi connectivity index (χ0v) is 26.9. The van der Waals surface area contributed by atoms with Gasteiger partial charge in [0.15, 0.2) is 0 Å². The van der Waals surface area contributed by atoms with Crippen molar-refractivity contribution in [2.75, 3.05) is 0 Å². The molecule has 11 heteroatoms. The van der Waals surface area contributed by atoms with E-state index in [1.807, 2.05) is 95.7 Å². The van der Waals surface area contributed by atoms with Crippen LogP contribution in [0.15, 0.2) is 108 Å². The summed E-state index contributed by atoms with van der Waals surface area (Å²) in [6, 6.07) is 32.6. The monoisotopic (exact) mass is 667 g/mol. The van der Waals surface area contributed by atoms with Crippen molar-refractivity contribution in [1.82, 2.24) is 24.3 Å². The second-order valence-electron chi connectivity index (χ2n) is 12.4. The number of rotatable bonds is 7. The first kappa shape index (κ1) is 32.2. The minimum atomic E-state index is -4.28. The summed E-state index contributed by atoms with van der Waals surface area (Å²) < 4.78 is 65.7. The van der Waals surface area contributed by atoms with Crippen LogP contribution in [0.4, 0.5) is 17.6 Å². The van der Waals surface area contributed by atoms with E-state index in [2.05, 4.69) is 9.97 Å². The van der Waals surface area contributed by atoms with Crippen molar-refractivity contribution in [3.05, 3.63) is 142 Å². The van der Waals surface area contributed by atoms with Gasteiger partial charge in [0.1, 0.15) is 28.9 Å². The quantitative estimate of drug-likeness (QED) is 0.128. The Morgan fingerprint density at radius 1 is 0.735 bits per heavy atom. The van der Waals surface area contributed by atoms with Gasteiger partial charge in [0, 0.05) is 13.1 Å². The van der Waals surface area contributed by atoms with E-state index in [-0.39, 0.29) is 54.3 Å². The van der Waals surface area contributed by atoms with Crippen molar-refractivity contribution in [1.29, 1.82) is 0 Å². The maximum Gasteiger partial charge on any atom is 0.391 e. The average Bonchev–Trinajstić information content (AvgIpc) is 3.50. The first-order chi connectivity index (χ1) is 23.6. The average molecular weight is 668 g/mol. The summed E-state index contributed by atoms with van der Waals surface area (Å²) in [6.45, 7) is 1.58. The van der Waals surface area contributed by atoms with Crippen molar-refractivity contribution in [3.63, 3.8) is 0 Å². The Bertz CT molecular complexity index is 2060. The lowest BCUT2D eigenvalue weighted by Crippen LogP contribution is -2.38. The van der Waals surface area contributed by atoms with Crippen LogP contribution in [0.5, 0.6) is 5.88 Å². The van der Waals surface area contributed by atoms with Gasteiger partial charge in [-0.2, -0.15) is 27.6 Å². The number of ether oxygens (including phenoxy) is 1. The van der Waals surface area contributed by atoms with Gasteiger partial charge in [-0.25, -0.2) is 9.67 Å². The molecular weight excluding hydrogens is 634 g/mol. The normalized spacial score (nSPS) is 16.9. The summed E-state index contributed by atoms with van der Waals surface area (Å²) >= 11 is 0. The predicted molar refractivity (Wildman–Crippen MR) is 178 cm³/mol. The van der Waals surface area contributed by atoms with Crippen LogP contribution < -0.4 is 10.3 Å². The van der Waals surface area contributed by atoms with Crippen LogP contribution in [0.25, 0.3) is 22.4 Å². The summed E-state index contributed by atoms with van der Waals surface area (Å²) in [5, 5.41) is 5.14. The molecular formula is C38H33F4N5O2. The molecule has 0 spiro atoms. The van der Waals surface area contributed by atoms with Crippen molar-refractivity contribution in [2.45, 2.75) is 50.4 Å². The van der Waals surface area contributed by atoms with Crippen LogP contribution in [0.2, 0.25) is 0 Å². The maximum absolute atomic E-state index is 16.6. The molecule has 49 heavy (non-hydrogen) atoms. The molecule has 0 radical (unpaired) electrons. The first-order valence-electron chi connectivity index (χ1n) is 16.1. The third kappa shape index (κ3) is 5.66. The summed E-state index contributed by atoms with van der Waals surface area (Å²) in [5.41, 5.74) is 1.98. The minimum absolute atomic E-state index is 0.0935. The van der Waals surface area contributed by atoms with Crippen molar-refractivity contribution < 1.29 is 22.3 Å². The topological polar surface area (TPSA) is 74.8 Å². The van der Waals surface area contributed by atoms with Crippen LogP contribution >= 0.6 is 0 Å². The Hall–Kier alpha value is -5.32. The van der Waals surface area contributed by atoms with E-state index >= 15 is 4.39 Å². The molecule has 1 fully saturated rings. The Balaban J connectivity index is 1.47. The molecule has 250 valence electrons. The number of benzene rings is 3. The van der Waals surface area contributed by atoms with Gasteiger partial charge in [0.05, 0.1) is 17.0 Å². The number of pyridine rings is 1. The Kier molecular flexibility index (Phi) is 8.30.